The monoisotopic (exact) mass is 583 g/mol. The summed E-state index contributed by atoms with van der Waals surface area (Å²) in [6.45, 7) is 4.24. The number of rotatable bonds is 8. The van der Waals surface area contributed by atoms with Gasteiger partial charge in [0, 0.05) is 16.0 Å². The molecule has 0 fully saturated rings. The maximum Gasteiger partial charge on any atom is 0.335 e. The fourth-order valence-corrected chi connectivity index (χ4v) is 4.75. The molecular weight excluding hydrogens is 558 g/mol. The van der Waals surface area contributed by atoms with E-state index >= 15 is 0 Å². The van der Waals surface area contributed by atoms with Crippen molar-refractivity contribution in [1.29, 1.82) is 0 Å². The third kappa shape index (κ3) is 5.47. The number of hydrogen-bond acceptors (Lipinski definition) is 5. The van der Waals surface area contributed by atoms with Gasteiger partial charge in [0.05, 0.1) is 22.7 Å². The van der Waals surface area contributed by atoms with Crippen LogP contribution in [0.15, 0.2) is 93.2 Å². The molecule has 0 spiro atoms. The summed E-state index contributed by atoms with van der Waals surface area (Å²) >= 11 is 3.45. The lowest BCUT2D eigenvalue weighted by atomic mass is 10.0. The molecule has 0 aliphatic heterocycles. The van der Waals surface area contributed by atoms with E-state index < -0.39 is 5.97 Å². The standard InChI is InChI=1S/C31H26BrN3O4/c1-3-19(2)29-34-27-13-12-23(32)16-25(27)30(36)35(29)33-17-26-24-10-5-4-8-21(24)11-14-28(26)39-18-20-7-6-9-22(15-20)31(37)38/h4-17,19H,3,18H2,1-2H3,(H,37,38)/t19-/m0/s1. The molecule has 196 valence electrons. The van der Waals surface area contributed by atoms with E-state index in [1.54, 1.807) is 30.5 Å². The van der Waals surface area contributed by atoms with Crippen molar-refractivity contribution in [1.82, 2.24) is 9.66 Å². The van der Waals surface area contributed by atoms with Crippen LogP contribution in [-0.2, 0) is 6.61 Å². The predicted octanol–water partition coefficient (Wildman–Crippen LogP) is 6.99. The van der Waals surface area contributed by atoms with Gasteiger partial charge in [-0.05, 0) is 59.2 Å². The minimum absolute atomic E-state index is 0.00708. The number of ether oxygens (including phenoxy) is 1. The van der Waals surface area contributed by atoms with Gasteiger partial charge in [-0.15, -0.1) is 0 Å². The van der Waals surface area contributed by atoms with E-state index in [0.717, 1.165) is 27.2 Å². The Morgan fingerprint density at radius 1 is 1.08 bits per heavy atom. The van der Waals surface area contributed by atoms with Crippen molar-refractivity contribution in [2.24, 2.45) is 5.10 Å². The first-order chi connectivity index (χ1) is 18.9. The number of carboxylic acids is 1. The number of carbonyl (C=O) groups is 1. The fourth-order valence-electron chi connectivity index (χ4n) is 4.38. The zero-order valence-corrected chi connectivity index (χ0v) is 23.1. The van der Waals surface area contributed by atoms with Crippen molar-refractivity contribution < 1.29 is 14.6 Å². The number of benzene rings is 4. The summed E-state index contributed by atoms with van der Waals surface area (Å²) in [4.78, 5) is 29.8. The van der Waals surface area contributed by atoms with Crippen LogP contribution in [0.4, 0.5) is 0 Å². The number of nitrogens with zero attached hydrogens (tertiary/aromatic N) is 3. The number of fused-ring (bicyclic) bond motifs is 2. The van der Waals surface area contributed by atoms with E-state index in [1.807, 2.05) is 68.4 Å². The molecule has 0 radical (unpaired) electrons. The molecule has 8 heteroatoms. The Balaban J connectivity index is 1.61. The second kappa shape index (κ2) is 11.2. The highest BCUT2D eigenvalue weighted by Crippen LogP contribution is 2.28. The Hall–Kier alpha value is -4.30. The third-order valence-corrected chi connectivity index (χ3v) is 7.18. The molecule has 0 unspecified atom stereocenters. The van der Waals surface area contributed by atoms with E-state index in [1.165, 1.54) is 4.68 Å². The third-order valence-electron chi connectivity index (χ3n) is 6.69. The van der Waals surface area contributed by atoms with Crippen LogP contribution in [0.1, 0.15) is 53.5 Å². The summed E-state index contributed by atoms with van der Waals surface area (Å²) in [5, 5.41) is 16.4. The molecule has 7 nitrogen and oxygen atoms in total. The van der Waals surface area contributed by atoms with Gasteiger partial charge in [-0.25, -0.2) is 9.78 Å². The zero-order valence-electron chi connectivity index (χ0n) is 21.5. The minimum Gasteiger partial charge on any atom is -0.488 e. The second-order valence-corrected chi connectivity index (χ2v) is 10.2. The van der Waals surface area contributed by atoms with Crippen molar-refractivity contribution in [3.8, 4) is 5.75 Å². The summed E-state index contributed by atoms with van der Waals surface area (Å²) in [5.41, 5.74) is 2.01. The molecular formula is C31H26BrN3O4. The van der Waals surface area contributed by atoms with Crippen molar-refractivity contribution in [3.63, 3.8) is 0 Å². The number of halogens is 1. The number of aromatic carboxylic acids is 1. The highest BCUT2D eigenvalue weighted by Gasteiger charge is 2.16. The Kier molecular flexibility index (Phi) is 7.56. The van der Waals surface area contributed by atoms with Crippen LogP contribution in [0.2, 0.25) is 0 Å². The van der Waals surface area contributed by atoms with Crippen LogP contribution >= 0.6 is 15.9 Å². The van der Waals surface area contributed by atoms with E-state index in [-0.39, 0.29) is 23.6 Å². The SMILES string of the molecule is CC[C@H](C)c1nc2ccc(Br)cc2c(=O)n1N=Cc1c(OCc2cccc(C(=O)O)c2)ccc2ccccc12. The van der Waals surface area contributed by atoms with Crippen LogP contribution in [0.25, 0.3) is 21.7 Å². The molecule has 0 bridgehead atoms. The van der Waals surface area contributed by atoms with Gasteiger partial charge in [0.2, 0.25) is 0 Å². The number of hydrogen-bond donors (Lipinski definition) is 1. The molecule has 0 amide bonds. The molecule has 39 heavy (non-hydrogen) atoms. The molecule has 1 heterocycles. The van der Waals surface area contributed by atoms with E-state index in [4.69, 9.17) is 9.72 Å². The molecule has 5 aromatic rings. The topological polar surface area (TPSA) is 93.8 Å². The molecule has 1 atom stereocenters. The van der Waals surface area contributed by atoms with Gasteiger partial charge in [-0.1, -0.05) is 72.2 Å². The van der Waals surface area contributed by atoms with E-state index in [0.29, 0.717) is 28.0 Å². The lowest BCUT2D eigenvalue weighted by molar-refractivity contribution is 0.0696. The van der Waals surface area contributed by atoms with Gasteiger partial charge in [-0.2, -0.15) is 9.78 Å². The average molecular weight is 584 g/mol. The summed E-state index contributed by atoms with van der Waals surface area (Å²) in [6, 6.07) is 23.8. The molecule has 5 rings (SSSR count). The van der Waals surface area contributed by atoms with E-state index in [2.05, 4.69) is 21.0 Å². The summed E-state index contributed by atoms with van der Waals surface area (Å²) in [7, 11) is 0. The Morgan fingerprint density at radius 2 is 1.90 bits per heavy atom. The van der Waals surface area contributed by atoms with Crippen LogP contribution in [-0.4, -0.2) is 27.0 Å². The Morgan fingerprint density at radius 3 is 2.69 bits per heavy atom. The molecule has 0 saturated heterocycles. The highest BCUT2D eigenvalue weighted by atomic mass is 79.9. The summed E-state index contributed by atoms with van der Waals surface area (Å²) < 4.78 is 8.35. The molecule has 0 saturated carbocycles. The Labute approximate surface area is 233 Å². The molecule has 0 aliphatic rings. The van der Waals surface area contributed by atoms with E-state index in [9.17, 15) is 14.7 Å². The van der Waals surface area contributed by atoms with Crippen molar-refractivity contribution >= 4 is 49.8 Å². The van der Waals surface area contributed by atoms with Crippen molar-refractivity contribution in [3.05, 3.63) is 116 Å². The summed E-state index contributed by atoms with van der Waals surface area (Å²) in [5.74, 6) is 0.163. The molecule has 0 aliphatic carbocycles. The molecule has 1 N–H and O–H groups in total. The quantitative estimate of drug-likeness (QED) is 0.199. The number of aromatic nitrogens is 2. The normalized spacial score (nSPS) is 12.3. The first kappa shape index (κ1) is 26.3. The van der Waals surface area contributed by atoms with Crippen LogP contribution in [0, 0.1) is 0 Å². The van der Waals surface area contributed by atoms with Crippen LogP contribution in [0.5, 0.6) is 5.75 Å². The average Bonchev–Trinajstić information content (AvgIpc) is 2.95. The summed E-state index contributed by atoms with van der Waals surface area (Å²) in [6.07, 6.45) is 2.44. The lowest BCUT2D eigenvalue weighted by Gasteiger charge is -2.15. The smallest absolute Gasteiger partial charge is 0.335 e. The molecule has 1 aromatic heterocycles. The maximum atomic E-state index is 13.6. The fraction of sp³-hybridized carbons (Fsp3) is 0.161. The largest absolute Gasteiger partial charge is 0.488 e. The minimum atomic E-state index is -0.992. The second-order valence-electron chi connectivity index (χ2n) is 9.30. The van der Waals surface area contributed by atoms with Gasteiger partial charge in [0.15, 0.2) is 0 Å². The Bertz CT molecular complexity index is 1800. The highest BCUT2D eigenvalue weighted by molar-refractivity contribution is 9.10. The first-order valence-electron chi connectivity index (χ1n) is 12.6. The van der Waals surface area contributed by atoms with Gasteiger partial charge in [0.25, 0.3) is 5.56 Å². The van der Waals surface area contributed by atoms with Crippen LogP contribution < -0.4 is 10.3 Å². The van der Waals surface area contributed by atoms with Crippen molar-refractivity contribution in [2.75, 3.05) is 0 Å². The zero-order chi connectivity index (χ0) is 27.5. The van der Waals surface area contributed by atoms with Gasteiger partial charge >= 0.3 is 5.97 Å². The first-order valence-corrected chi connectivity index (χ1v) is 13.4. The molecule has 4 aromatic carbocycles. The van der Waals surface area contributed by atoms with Crippen molar-refractivity contribution in [2.45, 2.75) is 32.8 Å². The predicted molar refractivity (Wildman–Crippen MR) is 157 cm³/mol. The maximum absolute atomic E-state index is 13.6. The van der Waals surface area contributed by atoms with Crippen LogP contribution in [0.3, 0.4) is 0 Å². The van der Waals surface area contributed by atoms with Gasteiger partial charge in [0.1, 0.15) is 18.2 Å². The lowest BCUT2D eigenvalue weighted by Crippen LogP contribution is -2.23. The number of carboxylic acid groups (broad SMARTS) is 1. The van der Waals surface area contributed by atoms with Gasteiger partial charge in [-0.3, -0.25) is 4.79 Å². The van der Waals surface area contributed by atoms with Gasteiger partial charge < -0.3 is 9.84 Å².